The molecule has 2 aromatic carbocycles. The van der Waals surface area contributed by atoms with Gasteiger partial charge in [0.1, 0.15) is 67.1 Å². The van der Waals surface area contributed by atoms with Crippen LogP contribution in [0.4, 0.5) is 0 Å². The van der Waals surface area contributed by atoms with Crippen molar-refractivity contribution in [2.45, 2.75) is 98.5 Å². The summed E-state index contributed by atoms with van der Waals surface area (Å²) >= 11 is 0. The van der Waals surface area contributed by atoms with Crippen LogP contribution in [0, 0.1) is 0 Å². The Morgan fingerprint density at radius 3 is 1.77 bits per heavy atom. The minimum atomic E-state index is -2.02. The number of phenols is 3. The monoisotopic (exact) mass is 816 g/mol. The highest BCUT2D eigenvalue weighted by molar-refractivity contribution is 5.87. The average molecular weight is 817 g/mol. The van der Waals surface area contributed by atoms with Crippen LogP contribution in [0.5, 0.6) is 23.0 Å². The zero-order valence-corrected chi connectivity index (χ0v) is 30.4. The van der Waals surface area contributed by atoms with E-state index in [4.69, 9.17) is 37.9 Å². The maximum atomic E-state index is 13.3. The van der Waals surface area contributed by atoms with Crippen molar-refractivity contribution in [3.63, 3.8) is 0 Å². The zero-order chi connectivity index (χ0) is 41.6. The Hall–Kier alpha value is -3.75. The van der Waals surface area contributed by atoms with E-state index in [2.05, 4.69) is 0 Å². The molecular formula is C36H48O21. The normalized spacial score (nSPS) is 35.9. The molecule has 5 rings (SSSR count). The Morgan fingerprint density at radius 1 is 0.649 bits per heavy atom. The van der Waals surface area contributed by atoms with Gasteiger partial charge in [-0.15, -0.1) is 0 Å². The lowest BCUT2D eigenvalue weighted by atomic mass is 9.95. The van der Waals surface area contributed by atoms with Gasteiger partial charge in [-0.05, 0) is 47.9 Å². The number of ether oxygens (including phenoxy) is 8. The van der Waals surface area contributed by atoms with Gasteiger partial charge in [-0.1, -0.05) is 12.1 Å². The Morgan fingerprint density at radius 2 is 1.23 bits per heavy atom. The Bertz CT molecular complexity index is 1640. The van der Waals surface area contributed by atoms with Crippen LogP contribution in [0.2, 0.25) is 0 Å². The Kier molecular flexibility index (Phi) is 15.4. The van der Waals surface area contributed by atoms with Crippen LogP contribution < -0.4 is 4.74 Å². The molecule has 3 saturated heterocycles. The molecule has 12 N–H and O–H groups in total. The largest absolute Gasteiger partial charge is 0.504 e. The van der Waals surface area contributed by atoms with E-state index >= 15 is 0 Å². The standard InChI is InChI=1S/C36H48O21/c1-50-20-6-3-16(11-19(20)42)8-9-51-36-33(57-35-30(49)28(47)26(45)22(13-38)53-35)32(56-34-29(48)27(46)25(44)21(12-37)52-34)31(23(14-39)54-36)55-24(43)7-4-15-2-5-17(40)18(41)10-15/h2-7,10-11,21-23,25-42,44-49H,8-9,12-14H2,1H3/t21-,22-,23-,25-,26-,27+,28+,29-,30-,31-,32+,33-,34+,35+,36-/m1/s1. The second kappa shape index (κ2) is 19.8. The summed E-state index contributed by atoms with van der Waals surface area (Å²) in [6.07, 6.45) is -24.6. The van der Waals surface area contributed by atoms with Gasteiger partial charge in [0.2, 0.25) is 0 Å². The molecule has 57 heavy (non-hydrogen) atoms. The topological polar surface area (TPSA) is 334 Å². The summed E-state index contributed by atoms with van der Waals surface area (Å²) in [5, 5.41) is 124. The van der Waals surface area contributed by atoms with Crippen LogP contribution in [0.3, 0.4) is 0 Å². The lowest BCUT2D eigenvalue weighted by molar-refractivity contribution is -0.391. The number of phenolic OH excluding ortho intramolecular Hbond substituents is 3. The molecule has 0 amide bonds. The molecule has 3 aliphatic rings. The second-order valence-electron chi connectivity index (χ2n) is 13.4. The van der Waals surface area contributed by atoms with Crippen LogP contribution in [0.1, 0.15) is 11.1 Å². The van der Waals surface area contributed by atoms with E-state index in [1.807, 2.05) is 0 Å². The minimum absolute atomic E-state index is 0.113. The van der Waals surface area contributed by atoms with Gasteiger partial charge >= 0.3 is 5.97 Å². The van der Waals surface area contributed by atoms with Crippen molar-refractivity contribution in [2.24, 2.45) is 0 Å². The summed E-state index contributed by atoms with van der Waals surface area (Å²) in [7, 11) is 1.37. The molecule has 21 nitrogen and oxygen atoms in total. The van der Waals surface area contributed by atoms with Crippen LogP contribution in [0.25, 0.3) is 6.08 Å². The molecule has 3 aliphatic heterocycles. The van der Waals surface area contributed by atoms with Gasteiger partial charge in [0.05, 0.1) is 33.5 Å². The number of methoxy groups -OCH3 is 1. The van der Waals surface area contributed by atoms with Crippen molar-refractivity contribution in [3.8, 4) is 23.0 Å². The van der Waals surface area contributed by atoms with Crippen molar-refractivity contribution in [2.75, 3.05) is 33.5 Å². The summed E-state index contributed by atoms with van der Waals surface area (Å²) in [5.41, 5.74) is 0.807. The van der Waals surface area contributed by atoms with Crippen LogP contribution in [-0.4, -0.2) is 193 Å². The maximum Gasteiger partial charge on any atom is 0.331 e. The molecule has 3 fully saturated rings. The number of esters is 1. The van der Waals surface area contributed by atoms with Crippen molar-refractivity contribution in [3.05, 3.63) is 53.6 Å². The third-order valence-corrected chi connectivity index (χ3v) is 9.63. The number of carbonyl (C=O) groups excluding carboxylic acids is 1. The molecule has 0 radical (unpaired) electrons. The Balaban J connectivity index is 1.51. The van der Waals surface area contributed by atoms with Gasteiger partial charge in [0, 0.05) is 6.08 Å². The van der Waals surface area contributed by atoms with E-state index in [0.29, 0.717) is 5.56 Å². The van der Waals surface area contributed by atoms with Crippen molar-refractivity contribution >= 4 is 12.0 Å². The quantitative estimate of drug-likeness (QED) is 0.0464. The first kappa shape index (κ1) is 44.4. The van der Waals surface area contributed by atoms with E-state index in [0.717, 1.165) is 12.1 Å². The predicted molar refractivity (Wildman–Crippen MR) is 186 cm³/mol. The molecule has 21 heteroatoms. The minimum Gasteiger partial charge on any atom is -0.504 e. The number of aliphatic hydroxyl groups excluding tert-OH is 9. The number of aliphatic hydroxyl groups is 9. The molecule has 0 unspecified atom stereocenters. The first-order chi connectivity index (χ1) is 27.2. The van der Waals surface area contributed by atoms with Crippen LogP contribution in [-0.2, 0) is 44.4 Å². The summed E-state index contributed by atoms with van der Waals surface area (Å²) < 4.78 is 46.1. The molecule has 15 atom stereocenters. The second-order valence-corrected chi connectivity index (χ2v) is 13.4. The highest BCUT2D eigenvalue weighted by Crippen LogP contribution is 2.36. The summed E-state index contributed by atoms with van der Waals surface area (Å²) in [6.45, 7) is -2.79. The fraction of sp³-hybridized carbons (Fsp3) is 0.583. The zero-order valence-electron chi connectivity index (χ0n) is 30.4. The predicted octanol–water partition coefficient (Wildman–Crippen LogP) is -3.92. The lowest BCUT2D eigenvalue weighted by Gasteiger charge is -2.49. The van der Waals surface area contributed by atoms with Crippen molar-refractivity contribution < 1.29 is 104 Å². The molecule has 0 bridgehead atoms. The molecule has 0 spiro atoms. The number of aromatic hydroxyl groups is 3. The van der Waals surface area contributed by atoms with Crippen LogP contribution >= 0.6 is 0 Å². The fourth-order valence-corrected chi connectivity index (χ4v) is 6.44. The molecule has 0 aliphatic carbocycles. The maximum absolute atomic E-state index is 13.3. The molecule has 0 saturated carbocycles. The van der Waals surface area contributed by atoms with Crippen molar-refractivity contribution in [1.29, 1.82) is 0 Å². The number of hydrogen-bond donors (Lipinski definition) is 12. The van der Waals surface area contributed by atoms with Gasteiger partial charge in [0.25, 0.3) is 0 Å². The average Bonchev–Trinajstić information content (AvgIpc) is 3.20. The third-order valence-electron chi connectivity index (χ3n) is 9.63. The van der Waals surface area contributed by atoms with E-state index < -0.39 is 129 Å². The van der Waals surface area contributed by atoms with E-state index in [9.17, 15) is 66.1 Å². The summed E-state index contributed by atoms with van der Waals surface area (Å²) in [5.74, 6) is -1.97. The first-order valence-corrected chi connectivity index (χ1v) is 17.8. The Labute approximate surface area is 324 Å². The van der Waals surface area contributed by atoms with Gasteiger partial charge in [0.15, 0.2) is 48.0 Å². The van der Waals surface area contributed by atoms with Crippen molar-refractivity contribution in [1.82, 2.24) is 0 Å². The fourth-order valence-electron chi connectivity index (χ4n) is 6.44. The van der Waals surface area contributed by atoms with Gasteiger partial charge in [-0.25, -0.2) is 4.79 Å². The number of benzene rings is 2. The lowest BCUT2D eigenvalue weighted by Crippen LogP contribution is -2.67. The third kappa shape index (κ3) is 10.3. The highest BCUT2D eigenvalue weighted by atomic mass is 16.8. The van der Waals surface area contributed by atoms with E-state index in [-0.39, 0.29) is 30.1 Å². The molecule has 0 aromatic heterocycles. The summed E-state index contributed by atoms with van der Waals surface area (Å²) in [6, 6.07) is 8.23. The van der Waals surface area contributed by atoms with Gasteiger partial charge < -0.3 is 99.2 Å². The first-order valence-electron chi connectivity index (χ1n) is 17.8. The smallest absolute Gasteiger partial charge is 0.331 e. The summed E-state index contributed by atoms with van der Waals surface area (Å²) in [4.78, 5) is 13.3. The van der Waals surface area contributed by atoms with E-state index in [1.54, 1.807) is 6.07 Å². The SMILES string of the molecule is COc1ccc(CCO[C@@H]2O[C@H](CO)[C@@H](OC(=O)C=Cc3ccc(O)c(O)c3)[C@H](O[C@@H]3O[C@H](CO)[C@@H](O)[C@H](O)[C@H]3O)[C@H]2O[C@@H]2O[C@H](CO)[C@@H](O)[C@H](O)[C@H]2O)cc1O. The number of hydrogen-bond acceptors (Lipinski definition) is 21. The number of carbonyl (C=O) groups is 1. The number of rotatable bonds is 15. The highest BCUT2D eigenvalue weighted by Gasteiger charge is 2.56. The van der Waals surface area contributed by atoms with Gasteiger partial charge in [-0.2, -0.15) is 0 Å². The molecule has 3 heterocycles. The molecule has 318 valence electrons. The van der Waals surface area contributed by atoms with Crippen LogP contribution in [0.15, 0.2) is 42.5 Å². The van der Waals surface area contributed by atoms with E-state index in [1.165, 1.54) is 37.5 Å². The van der Waals surface area contributed by atoms with Gasteiger partial charge in [-0.3, -0.25) is 0 Å². The molecule has 2 aromatic rings. The molecular weight excluding hydrogens is 768 g/mol.